The fourth-order valence-electron chi connectivity index (χ4n) is 3.57. The third-order valence-electron chi connectivity index (χ3n) is 5.17. The minimum atomic E-state index is -1.18. The Kier molecular flexibility index (Phi) is 4.93. The number of carboxylic acid groups (broad SMARTS) is 1. The molecule has 11 nitrogen and oxygen atoms in total. The summed E-state index contributed by atoms with van der Waals surface area (Å²) in [5.41, 5.74) is 0.661. The van der Waals surface area contributed by atoms with Gasteiger partial charge in [0.2, 0.25) is 5.91 Å². The van der Waals surface area contributed by atoms with Crippen molar-refractivity contribution in [3.63, 3.8) is 0 Å². The Bertz CT molecular complexity index is 1410. The predicted octanol–water partition coefficient (Wildman–Crippen LogP) is -0.273. The van der Waals surface area contributed by atoms with Gasteiger partial charge in [0.15, 0.2) is 11.2 Å². The number of amides is 1. The summed E-state index contributed by atoms with van der Waals surface area (Å²) < 4.78 is 3.43. The van der Waals surface area contributed by atoms with Gasteiger partial charge in [0, 0.05) is 31.7 Å². The number of aromatic amines is 1. The summed E-state index contributed by atoms with van der Waals surface area (Å²) in [6, 6.07) is 8.21. The van der Waals surface area contributed by atoms with Crippen LogP contribution in [0.4, 0.5) is 0 Å². The number of benzene rings is 1. The Hall–Kier alpha value is -4.15. The zero-order valence-electron chi connectivity index (χ0n) is 16.8. The third kappa shape index (κ3) is 3.61. The van der Waals surface area contributed by atoms with E-state index in [9.17, 15) is 24.3 Å². The topological polar surface area (TPSA) is 144 Å². The predicted molar refractivity (Wildman–Crippen MR) is 112 cm³/mol. The van der Waals surface area contributed by atoms with Gasteiger partial charge in [0.25, 0.3) is 5.56 Å². The molecule has 0 aliphatic rings. The standard InChI is InChI=1S/C20H20N6O5/c1-24-17-16(18(28)25(2)20(24)31)26(10-21-17)9-15(27)23-14(19(29)30)8-12-7-11-5-3-4-6-13(11)22-12/h3-7,10,14,22H,8-9H2,1-2H3,(H,23,27)(H,29,30)/t14-/m0/s1. The number of hydrogen-bond donors (Lipinski definition) is 3. The van der Waals surface area contributed by atoms with Crippen LogP contribution in [0.5, 0.6) is 0 Å². The number of nitrogens with zero attached hydrogens (tertiary/aromatic N) is 4. The SMILES string of the molecule is Cn1c(=O)c2c(ncn2CC(=O)N[C@@H](Cc2cc3ccccc3[nH]2)C(=O)O)n(C)c1=O. The third-order valence-corrected chi connectivity index (χ3v) is 5.17. The van der Waals surface area contributed by atoms with Crippen LogP contribution in [0, 0.1) is 0 Å². The Labute approximate surface area is 174 Å². The molecule has 3 N–H and O–H groups in total. The van der Waals surface area contributed by atoms with Crippen LogP contribution in [0.1, 0.15) is 5.69 Å². The molecule has 4 aromatic rings. The number of hydrogen-bond acceptors (Lipinski definition) is 5. The fraction of sp³-hybridized carbons (Fsp3) is 0.250. The van der Waals surface area contributed by atoms with Crippen LogP contribution in [0.2, 0.25) is 0 Å². The normalized spacial score (nSPS) is 12.3. The van der Waals surface area contributed by atoms with E-state index < -0.39 is 29.2 Å². The van der Waals surface area contributed by atoms with Gasteiger partial charge in [0.1, 0.15) is 12.6 Å². The van der Waals surface area contributed by atoms with Crippen LogP contribution in [-0.2, 0) is 36.6 Å². The van der Waals surface area contributed by atoms with Crippen molar-refractivity contribution >= 4 is 33.9 Å². The van der Waals surface area contributed by atoms with Crippen molar-refractivity contribution in [3.8, 4) is 0 Å². The van der Waals surface area contributed by atoms with E-state index in [1.54, 1.807) is 0 Å². The van der Waals surface area contributed by atoms with Crippen LogP contribution < -0.4 is 16.6 Å². The molecule has 0 unspecified atom stereocenters. The molecule has 0 fully saturated rings. The van der Waals surface area contributed by atoms with E-state index in [1.165, 1.54) is 29.6 Å². The molecule has 11 heteroatoms. The molecule has 0 aliphatic carbocycles. The van der Waals surface area contributed by atoms with E-state index in [0.717, 1.165) is 15.5 Å². The largest absolute Gasteiger partial charge is 0.480 e. The number of carbonyl (C=O) groups excluding carboxylic acids is 1. The summed E-state index contributed by atoms with van der Waals surface area (Å²) in [4.78, 5) is 56.0. The lowest BCUT2D eigenvalue weighted by atomic mass is 10.1. The van der Waals surface area contributed by atoms with Crippen molar-refractivity contribution in [3.05, 3.63) is 63.2 Å². The lowest BCUT2D eigenvalue weighted by Gasteiger charge is -2.14. The lowest BCUT2D eigenvalue weighted by Crippen LogP contribution is -2.44. The number of aryl methyl sites for hydroxylation is 1. The first-order valence-electron chi connectivity index (χ1n) is 9.46. The second kappa shape index (κ2) is 7.59. The van der Waals surface area contributed by atoms with Gasteiger partial charge in [-0.25, -0.2) is 14.6 Å². The van der Waals surface area contributed by atoms with E-state index in [0.29, 0.717) is 5.69 Å². The second-order valence-corrected chi connectivity index (χ2v) is 7.29. The number of aliphatic carboxylic acids is 1. The number of para-hydroxylation sites is 1. The highest BCUT2D eigenvalue weighted by molar-refractivity contribution is 5.85. The molecule has 0 saturated heterocycles. The Balaban J connectivity index is 1.56. The van der Waals surface area contributed by atoms with E-state index in [-0.39, 0.29) is 24.1 Å². The van der Waals surface area contributed by atoms with E-state index in [4.69, 9.17) is 0 Å². The van der Waals surface area contributed by atoms with Gasteiger partial charge in [-0.05, 0) is 17.5 Å². The zero-order valence-corrected chi connectivity index (χ0v) is 16.8. The van der Waals surface area contributed by atoms with Gasteiger partial charge in [-0.1, -0.05) is 18.2 Å². The smallest absolute Gasteiger partial charge is 0.332 e. The van der Waals surface area contributed by atoms with E-state index in [2.05, 4.69) is 15.3 Å². The minimum absolute atomic E-state index is 0.0662. The minimum Gasteiger partial charge on any atom is -0.480 e. The molecule has 0 spiro atoms. The summed E-state index contributed by atoms with van der Waals surface area (Å²) in [7, 11) is 2.81. The molecule has 1 aromatic carbocycles. The number of nitrogens with one attached hydrogen (secondary N) is 2. The summed E-state index contributed by atoms with van der Waals surface area (Å²) in [5.74, 6) is -1.78. The first-order chi connectivity index (χ1) is 14.8. The molecular formula is C20H20N6O5. The van der Waals surface area contributed by atoms with Gasteiger partial charge in [0.05, 0.1) is 6.33 Å². The second-order valence-electron chi connectivity index (χ2n) is 7.29. The van der Waals surface area contributed by atoms with Crippen LogP contribution in [0.25, 0.3) is 22.1 Å². The van der Waals surface area contributed by atoms with Gasteiger partial charge in [-0.3, -0.25) is 18.7 Å². The van der Waals surface area contributed by atoms with Crippen LogP contribution in [0.15, 0.2) is 46.2 Å². The maximum atomic E-state index is 12.6. The molecule has 1 atom stereocenters. The highest BCUT2D eigenvalue weighted by atomic mass is 16.4. The van der Waals surface area contributed by atoms with Crippen molar-refractivity contribution in [2.75, 3.05) is 0 Å². The molecule has 3 heterocycles. The zero-order chi connectivity index (χ0) is 22.3. The molecular weight excluding hydrogens is 404 g/mol. The number of carbonyl (C=O) groups is 2. The van der Waals surface area contributed by atoms with Crippen molar-refractivity contribution in [2.45, 2.75) is 19.0 Å². The molecule has 4 rings (SSSR count). The van der Waals surface area contributed by atoms with Crippen LogP contribution in [-0.4, -0.2) is 46.7 Å². The first-order valence-corrected chi connectivity index (χ1v) is 9.46. The number of imidazole rings is 1. The Morgan fingerprint density at radius 3 is 2.65 bits per heavy atom. The van der Waals surface area contributed by atoms with E-state index >= 15 is 0 Å². The van der Waals surface area contributed by atoms with Gasteiger partial charge >= 0.3 is 11.7 Å². The fourth-order valence-corrected chi connectivity index (χ4v) is 3.57. The molecule has 0 saturated carbocycles. The van der Waals surface area contributed by atoms with Crippen LogP contribution >= 0.6 is 0 Å². The highest BCUT2D eigenvalue weighted by Gasteiger charge is 2.23. The lowest BCUT2D eigenvalue weighted by molar-refractivity contribution is -0.141. The molecule has 31 heavy (non-hydrogen) atoms. The molecule has 0 aliphatic heterocycles. The Morgan fingerprint density at radius 2 is 1.94 bits per heavy atom. The quantitative estimate of drug-likeness (QED) is 0.389. The van der Waals surface area contributed by atoms with Crippen molar-refractivity contribution in [2.24, 2.45) is 14.1 Å². The number of aromatic nitrogens is 5. The van der Waals surface area contributed by atoms with Crippen LogP contribution in [0.3, 0.4) is 0 Å². The highest BCUT2D eigenvalue weighted by Crippen LogP contribution is 2.16. The van der Waals surface area contributed by atoms with Crippen molar-refractivity contribution < 1.29 is 14.7 Å². The molecule has 3 aromatic heterocycles. The summed E-state index contributed by atoms with van der Waals surface area (Å²) in [6.45, 7) is -0.319. The molecule has 0 radical (unpaired) electrons. The monoisotopic (exact) mass is 424 g/mol. The summed E-state index contributed by atoms with van der Waals surface area (Å²) in [6.07, 6.45) is 1.34. The summed E-state index contributed by atoms with van der Waals surface area (Å²) in [5, 5.41) is 13.0. The number of H-pyrrole nitrogens is 1. The number of fused-ring (bicyclic) bond motifs is 2. The van der Waals surface area contributed by atoms with Crippen molar-refractivity contribution in [1.29, 1.82) is 0 Å². The van der Waals surface area contributed by atoms with E-state index in [1.807, 2.05) is 30.3 Å². The Morgan fingerprint density at radius 1 is 1.19 bits per heavy atom. The number of carboxylic acids is 1. The average Bonchev–Trinajstić information content (AvgIpc) is 3.33. The average molecular weight is 424 g/mol. The molecule has 1 amide bonds. The first kappa shape index (κ1) is 20.1. The molecule has 0 bridgehead atoms. The van der Waals surface area contributed by atoms with Crippen molar-refractivity contribution in [1.82, 2.24) is 29.0 Å². The van der Waals surface area contributed by atoms with Gasteiger partial charge in [-0.2, -0.15) is 0 Å². The van der Waals surface area contributed by atoms with Gasteiger partial charge < -0.3 is 20.0 Å². The molecule has 160 valence electrons. The summed E-state index contributed by atoms with van der Waals surface area (Å²) >= 11 is 0. The maximum absolute atomic E-state index is 12.6. The maximum Gasteiger partial charge on any atom is 0.332 e. The van der Waals surface area contributed by atoms with Gasteiger partial charge in [-0.15, -0.1) is 0 Å². The number of rotatable bonds is 6.